The maximum Gasteiger partial charge on any atom is 0.234 e. The van der Waals surface area contributed by atoms with Gasteiger partial charge < -0.3 is 5.32 Å². The summed E-state index contributed by atoms with van der Waals surface area (Å²) < 4.78 is 1.83. The number of carbonyl (C=O) groups is 1. The van der Waals surface area contributed by atoms with E-state index in [-0.39, 0.29) is 11.7 Å². The number of nitrogens with one attached hydrogen (secondary N) is 1. The van der Waals surface area contributed by atoms with Gasteiger partial charge in [0.15, 0.2) is 0 Å². The highest BCUT2D eigenvalue weighted by molar-refractivity contribution is 7.99. The Morgan fingerprint density at radius 2 is 2.12 bits per heavy atom. The lowest BCUT2D eigenvalue weighted by Gasteiger charge is -2.12. The van der Waals surface area contributed by atoms with Crippen LogP contribution in [0.2, 0.25) is 10.0 Å². The Bertz CT molecular complexity index is 745. The fourth-order valence-corrected chi connectivity index (χ4v) is 3.94. The van der Waals surface area contributed by atoms with Crippen LogP contribution in [0.5, 0.6) is 0 Å². The Labute approximate surface area is 154 Å². The zero-order chi connectivity index (χ0) is 17.1. The third kappa shape index (κ3) is 3.84. The summed E-state index contributed by atoms with van der Waals surface area (Å²) in [4.78, 5) is 12.2. The van der Waals surface area contributed by atoms with Crippen molar-refractivity contribution in [1.29, 1.82) is 0 Å². The molecule has 1 aromatic heterocycles. The Kier molecular flexibility index (Phi) is 5.63. The van der Waals surface area contributed by atoms with Crippen LogP contribution in [0.3, 0.4) is 0 Å². The summed E-state index contributed by atoms with van der Waals surface area (Å²) in [6.45, 7) is 1.86. The van der Waals surface area contributed by atoms with Gasteiger partial charge in [-0.3, -0.25) is 4.79 Å². The van der Waals surface area contributed by atoms with Crippen molar-refractivity contribution in [2.45, 2.75) is 43.8 Å². The molecule has 1 aliphatic rings. The molecule has 128 valence electrons. The van der Waals surface area contributed by atoms with Crippen molar-refractivity contribution in [3.8, 4) is 0 Å². The predicted molar refractivity (Wildman–Crippen MR) is 95.9 cm³/mol. The first-order valence-corrected chi connectivity index (χ1v) is 9.45. The summed E-state index contributed by atoms with van der Waals surface area (Å²) in [6.07, 6.45) is 4.55. The smallest absolute Gasteiger partial charge is 0.234 e. The summed E-state index contributed by atoms with van der Waals surface area (Å²) >= 11 is 13.6. The van der Waals surface area contributed by atoms with E-state index < -0.39 is 0 Å². The highest BCUT2D eigenvalue weighted by atomic mass is 35.5. The number of hydrogen-bond acceptors (Lipinski definition) is 5. The number of hydrogen-bond donors (Lipinski definition) is 1. The van der Waals surface area contributed by atoms with Crippen LogP contribution < -0.4 is 5.32 Å². The molecule has 1 fully saturated rings. The van der Waals surface area contributed by atoms with E-state index >= 15 is 0 Å². The quantitative estimate of drug-likeness (QED) is 0.782. The molecule has 1 N–H and O–H groups in total. The topological polar surface area (TPSA) is 72.7 Å². The predicted octanol–water partition coefficient (Wildman–Crippen LogP) is 4.13. The molecule has 0 radical (unpaired) electrons. The Morgan fingerprint density at radius 3 is 2.88 bits per heavy atom. The van der Waals surface area contributed by atoms with Crippen LogP contribution >= 0.6 is 35.0 Å². The van der Waals surface area contributed by atoms with E-state index in [4.69, 9.17) is 23.2 Å². The molecule has 1 amide bonds. The van der Waals surface area contributed by atoms with E-state index in [2.05, 4.69) is 20.8 Å². The van der Waals surface area contributed by atoms with Crippen LogP contribution in [0.15, 0.2) is 17.3 Å². The lowest BCUT2D eigenvalue weighted by Crippen LogP contribution is -2.16. The van der Waals surface area contributed by atoms with Crippen molar-refractivity contribution in [2.24, 2.45) is 0 Å². The van der Waals surface area contributed by atoms with Gasteiger partial charge in [-0.05, 0) is 41.8 Å². The van der Waals surface area contributed by atoms with E-state index in [9.17, 15) is 4.79 Å². The van der Waals surface area contributed by atoms with Crippen LogP contribution in [0.25, 0.3) is 0 Å². The minimum atomic E-state index is -0.199. The number of halogens is 2. The van der Waals surface area contributed by atoms with Gasteiger partial charge in [0.25, 0.3) is 0 Å². The average molecular weight is 386 g/mol. The Morgan fingerprint density at radius 1 is 1.38 bits per heavy atom. The van der Waals surface area contributed by atoms with Crippen molar-refractivity contribution in [1.82, 2.24) is 20.2 Å². The number of amides is 1. The number of aromatic nitrogens is 4. The summed E-state index contributed by atoms with van der Waals surface area (Å²) in [5.41, 5.74) is 1.30. The summed E-state index contributed by atoms with van der Waals surface area (Å²) in [7, 11) is 0. The summed E-state index contributed by atoms with van der Waals surface area (Å²) in [6, 6.07) is 3.86. The largest absolute Gasteiger partial charge is 0.323 e. The number of carbonyl (C=O) groups excluding carboxylic acids is 1. The molecule has 1 aliphatic carbocycles. The van der Waals surface area contributed by atoms with Gasteiger partial charge in [-0.15, -0.1) is 5.10 Å². The summed E-state index contributed by atoms with van der Waals surface area (Å²) in [5, 5.41) is 16.1. The fraction of sp³-hybridized carbons (Fsp3) is 0.467. The number of aryl methyl sites for hydroxylation is 1. The van der Waals surface area contributed by atoms with Crippen LogP contribution in [-0.4, -0.2) is 31.9 Å². The monoisotopic (exact) mass is 385 g/mol. The van der Waals surface area contributed by atoms with Crippen LogP contribution in [0.4, 0.5) is 5.69 Å². The van der Waals surface area contributed by atoms with Gasteiger partial charge in [0.2, 0.25) is 11.1 Å². The van der Waals surface area contributed by atoms with E-state index in [0.29, 0.717) is 26.9 Å². The molecule has 24 heavy (non-hydrogen) atoms. The van der Waals surface area contributed by atoms with Gasteiger partial charge in [0.1, 0.15) is 0 Å². The van der Waals surface area contributed by atoms with Crippen molar-refractivity contribution in [2.75, 3.05) is 11.1 Å². The standard InChI is InChI=1S/C15H17Cl2N5OS/c1-9-6-7-11(16)14(13(9)17)18-12(23)8-24-15-19-20-21-22(15)10-4-2-3-5-10/h6-7,10H,2-5,8H2,1H3,(H,18,23). The van der Waals surface area contributed by atoms with Crippen LogP contribution in [0.1, 0.15) is 37.3 Å². The lowest BCUT2D eigenvalue weighted by molar-refractivity contribution is -0.113. The maximum atomic E-state index is 12.2. The van der Waals surface area contributed by atoms with Crippen LogP contribution in [-0.2, 0) is 4.79 Å². The first-order chi connectivity index (χ1) is 11.6. The molecule has 1 heterocycles. The third-order valence-corrected chi connectivity index (χ3v) is 5.75. The Balaban J connectivity index is 1.63. The van der Waals surface area contributed by atoms with Gasteiger partial charge in [0.05, 0.1) is 27.5 Å². The molecule has 0 saturated heterocycles. The maximum absolute atomic E-state index is 12.2. The molecule has 0 aliphatic heterocycles. The molecule has 0 bridgehead atoms. The molecule has 0 unspecified atom stereocenters. The van der Waals surface area contributed by atoms with Crippen molar-refractivity contribution in [3.63, 3.8) is 0 Å². The average Bonchev–Trinajstić information content (AvgIpc) is 3.23. The normalized spacial score (nSPS) is 15.0. The molecule has 6 nitrogen and oxygen atoms in total. The zero-order valence-electron chi connectivity index (χ0n) is 13.1. The number of anilines is 1. The molecule has 9 heteroatoms. The SMILES string of the molecule is Cc1ccc(Cl)c(NC(=O)CSc2nnnn2C2CCCC2)c1Cl. The van der Waals surface area contributed by atoms with Gasteiger partial charge in [0, 0.05) is 0 Å². The highest BCUT2D eigenvalue weighted by Crippen LogP contribution is 2.34. The van der Waals surface area contributed by atoms with E-state index in [1.54, 1.807) is 6.07 Å². The minimum absolute atomic E-state index is 0.188. The first kappa shape index (κ1) is 17.5. The molecule has 2 aromatic rings. The van der Waals surface area contributed by atoms with E-state index in [1.165, 1.54) is 24.6 Å². The second kappa shape index (κ2) is 7.72. The second-order valence-electron chi connectivity index (χ2n) is 5.73. The van der Waals surface area contributed by atoms with Crippen molar-refractivity contribution < 1.29 is 4.79 Å². The highest BCUT2D eigenvalue weighted by Gasteiger charge is 2.22. The molecular formula is C15H17Cl2N5OS. The fourth-order valence-electron chi connectivity index (χ4n) is 2.74. The number of rotatable bonds is 5. The molecule has 1 aromatic carbocycles. The Hall–Kier alpha value is -1.31. The first-order valence-electron chi connectivity index (χ1n) is 7.71. The minimum Gasteiger partial charge on any atom is -0.323 e. The molecule has 0 spiro atoms. The molecule has 3 rings (SSSR count). The van der Waals surface area contributed by atoms with Crippen molar-refractivity contribution >= 4 is 46.6 Å². The second-order valence-corrected chi connectivity index (χ2v) is 7.46. The van der Waals surface area contributed by atoms with Gasteiger partial charge in [-0.2, -0.15) is 0 Å². The number of nitrogens with zero attached hydrogens (tertiary/aromatic N) is 4. The third-order valence-electron chi connectivity index (χ3n) is 4.01. The molecule has 1 saturated carbocycles. The zero-order valence-corrected chi connectivity index (χ0v) is 15.5. The van der Waals surface area contributed by atoms with Gasteiger partial charge in [-0.25, -0.2) is 4.68 Å². The summed E-state index contributed by atoms with van der Waals surface area (Å²) in [5.74, 6) is -0.0105. The van der Waals surface area contributed by atoms with Crippen molar-refractivity contribution in [3.05, 3.63) is 27.7 Å². The van der Waals surface area contributed by atoms with Crippen LogP contribution in [0, 0.1) is 6.92 Å². The van der Waals surface area contributed by atoms with E-state index in [0.717, 1.165) is 18.4 Å². The van der Waals surface area contributed by atoms with E-state index in [1.807, 2.05) is 17.7 Å². The number of tetrazole rings is 1. The number of thioether (sulfide) groups is 1. The number of benzene rings is 1. The van der Waals surface area contributed by atoms with Gasteiger partial charge >= 0.3 is 0 Å². The molecular weight excluding hydrogens is 369 g/mol. The molecule has 0 atom stereocenters. The van der Waals surface area contributed by atoms with Gasteiger partial charge in [-0.1, -0.05) is 53.9 Å². The lowest BCUT2D eigenvalue weighted by atomic mass is 10.2.